The minimum Gasteiger partial charge on any atom is -0.480 e. The first-order chi connectivity index (χ1) is 14.9. The maximum Gasteiger partial charge on any atom is 0.490 e. The van der Waals surface area contributed by atoms with Crippen molar-refractivity contribution in [2.45, 2.75) is 50.6 Å². The van der Waals surface area contributed by atoms with Gasteiger partial charge in [0.05, 0.1) is 12.0 Å². The average Bonchev–Trinajstić information content (AvgIpc) is 3.26. The number of nitrogens with zero attached hydrogens (tertiary/aromatic N) is 1. The van der Waals surface area contributed by atoms with Gasteiger partial charge in [-0.1, -0.05) is 37.3 Å². The average molecular weight is 462 g/mol. The van der Waals surface area contributed by atoms with E-state index < -0.39 is 30.1 Å². The van der Waals surface area contributed by atoms with E-state index in [9.17, 15) is 27.9 Å². The Labute approximate surface area is 184 Å². The largest absolute Gasteiger partial charge is 0.490 e. The van der Waals surface area contributed by atoms with E-state index in [1.807, 2.05) is 37.3 Å². The highest BCUT2D eigenvalue weighted by molar-refractivity contribution is 5.85. The van der Waals surface area contributed by atoms with Gasteiger partial charge in [-0.05, 0) is 24.9 Å². The summed E-state index contributed by atoms with van der Waals surface area (Å²) < 4.78 is 37.3. The molecule has 2 rings (SSSR count). The molecule has 0 aliphatic carbocycles. The molecule has 32 heavy (non-hydrogen) atoms. The quantitative estimate of drug-likeness (QED) is 0.542. The number of methoxy groups -OCH3 is 1. The summed E-state index contributed by atoms with van der Waals surface area (Å²) in [6, 6.07) is 8.60. The smallest absolute Gasteiger partial charge is 0.480 e. The molecule has 1 heterocycles. The van der Waals surface area contributed by atoms with Gasteiger partial charge >= 0.3 is 18.1 Å². The molecule has 180 valence electrons. The van der Waals surface area contributed by atoms with E-state index in [1.54, 1.807) is 14.2 Å². The van der Waals surface area contributed by atoms with E-state index in [-0.39, 0.29) is 24.5 Å². The van der Waals surface area contributed by atoms with Crippen molar-refractivity contribution in [3.8, 4) is 0 Å². The van der Waals surface area contributed by atoms with Crippen LogP contribution in [0.4, 0.5) is 13.2 Å². The van der Waals surface area contributed by atoms with Gasteiger partial charge in [0.1, 0.15) is 6.04 Å². The fraction of sp³-hybridized carbons (Fsp3) is 0.571. The van der Waals surface area contributed by atoms with Crippen LogP contribution in [-0.2, 0) is 25.5 Å². The molecule has 0 aromatic heterocycles. The molecule has 1 aliphatic rings. The number of hydrogen-bond donors (Lipinski definition) is 3. The third kappa shape index (κ3) is 8.12. The number of carbonyl (C=O) groups excluding carboxylic acids is 1. The maximum absolute atomic E-state index is 12.9. The normalized spacial score (nSPS) is 18.6. The number of likely N-dealkylation sites (N-methyl/N-ethyl adjacent to an activating group) is 1. The number of carbonyl (C=O) groups is 3. The highest BCUT2D eigenvalue weighted by Crippen LogP contribution is 2.21. The molecular formula is C21H29F3N2O6. The Morgan fingerprint density at radius 1 is 1.22 bits per heavy atom. The lowest BCUT2D eigenvalue weighted by Gasteiger charge is -2.33. The summed E-state index contributed by atoms with van der Waals surface area (Å²) in [5.41, 5.74) is 0.892. The molecule has 8 nitrogen and oxygen atoms in total. The predicted molar refractivity (Wildman–Crippen MR) is 109 cm³/mol. The van der Waals surface area contributed by atoms with Crippen molar-refractivity contribution in [2.75, 3.05) is 20.7 Å². The molecule has 1 fully saturated rings. The third-order valence-electron chi connectivity index (χ3n) is 5.26. The molecule has 1 aromatic carbocycles. The van der Waals surface area contributed by atoms with Gasteiger partial charge in [0, 0.05) is 26.6 Å². The van der Waals surface area contributed by atoms with Gasteiger partial charge in [0.2, 0.25) is 5.91 Å². The number of benzene rings is 1. The molecular weight excluding hydrogens is 433 g/mol. The lowest BCUT2D eigenvalue weighted by Crippen LogP contribution is -2.51. The topological polar surface area (TPSA) is 116 Å². The number of aliphatic carboxylic acids is 2. The molecule has 0 saturated carbocycles. The molecule has 0 spiro atoms. The molecule has 1 amide bonds. The first-order valence-corrected chi connectivity index (χ1v) is 9.99. The second-order valence-electron chi connectivity index (χ2n) is 7.49. The number of nitrogens with one attached hydrogen (secondary N) is 1. The standard InChI is InChI=1S/C19H28N2O4.C2HF3O2/c1-13(17(25-3)15-10-7-11-20-15)18(22)21(2)16(19(23)24)12-14-8-5-4-6-9-14;3-2(4,5)1(6)7/h4-6,8-9,13,15-17,20H,7,10-12H2,1-3H3,(H,23,24);(H,6,7)/t13-,15+,16+,17-;/m1./s1. The lowest BCUT2D eigenvalue weighted by molar-refractivity contribution is -0.192. The number of alkyl halides is 3. The van der Waals surface area contributed by atoms with Gasteiger partial charge in [0.25, 0.3) is 0 Å². The first kappa shape index (κ1) is 27.4. The second kappa shape index (κ2) is 12.4. The highest BCUT2D eigenvalue weighted by Gasteiger charge is 2.38. The molecule has 3 N–H and O–H groups in total. The number of halogens is 3. The number of ether oxygens (including phenoxy) is 1. The van der Waals surface area contributed by atoms with Gasteiger partial charge in [-0.3, -0.25) is 4.79 Å². The van der Waals surface area contributed by atoms with E-state index in [1.165, 1.54) is 4.90 Å². The van der Waals surface area contributed by atoms with Crippen LogP contribution in [0.5, 0.6) is 0 Å². The highest BCUT2D eigenvalue weighted by atomic mass is 19.4. The number of carboxylic acid groups (broad SMARTS) is 2. The van der Waals surface area contributed by atoms with E-state index in [2.05, 4.69) is 5.32 Å². The van der Waals surface area contributed by atoms with Crippen LogP contribution in [0.1, 0.15) is 25.3 Å². The fourth-order valence-electron chi connectivity index (χ4n) is 3.55. The van der Waals surface area contributed by atoms with Crippen LogP contribution in [0.15, 0.2) is 30.3 Å². The monoisotopic (exact) mass is 462 g/mol. The van der Waals surface area contributed by atoms with Gasteiger partial charge in [-0.25, -0.2) is 9.59 Å². The first-order valence-electron chi connectivity index (χ1n) is 9.99. The SMILES string of the molecule is CO[C@@H]([C@@H]1CCCN1)[C@@H](C)C(=O)N(C)[C@@H](Cc1ccccc1)C(=O)O.O=C(O)C(F)(F)F. The van der Waals surface area contributed by atoms with Crippen molar-refractivity contribution in [3.05, 3.63) is 35.9 Å². The number of amides is 1. The van der Waals surface area contributed by atoms with Gasteiger partial charge < -0.3 is 25.2 Å². The van der Waals surface area contributed by atoms with Crippen molar-refractivity contribution >= 4 is 17.8 Å². The fourth-order valence-corrected chi connectivity index (χ4v) is 3.55. The Hall–Kier alpha value is -2.66. The number of hydrogen-bond acceptors (Lipinski definition) is 5. The Bertz CT molecular complexity index is 754. The van der Waals surface area contributed by atoms with Crippen LogP contribution in [0.2, 0.25) is 0 Å². The summed E-state index contributed by atoms with van der Waals surface area (Å²) in [7, 11) is 3.17. The minimum atomic E-state index is -5.08. The van der Waals surface area contributed by atoms with Crippen LogP contribution in [0.25, 0.3) is 0 Å². The third-order valence-corrected chi connectivity index (χ3v) is 5.26. The number of carboxylic acids is 2. The summed E-state index contributed by atoms with van der Waals surface area (Å²) >= 11 is 0. The summed E-state index contributed by atoms with van der Waals surface area (Å²) in [4.78, 5) is 34.9. The summed E-state index contributed by atoms with van der Waals surface area (Å²) in [6.45, 7) is 2.74. The van der Waals surface area contributed by atoms with Crippen LogP contribution in [0.3, 0.4) is 0 Å². The van der Waals surface area contributed by atoms with Gasteiger partial charge in [0.15, 0.2) is 0 Å². The van der Waals surface area contributed by atoms with E-state index in [0.717, 1.165) is 24.9 Å². The summed E-state index contributed by atoms with van der Waals surface area (Å²) in [6.07, 6.45) is -3.03. The Kier molecular flexibility index (Phi) is 10.6. The van der Waals surface area contributed by atoms with Crippen LogP contribution >= 0.6 is 0 Å². The molecule has 0 bridgehead atoms. The van der Waals surface area contributed by atoms with E-state index >= 15 is 0 Å². The maximum atomic E-state index is 12.9. The molecule has 11 heteroatoms. The van der Waals surface area contributed by atoms with Gasteiger partial charge in [-0.2, -0.15) is 13.2 Å². The molecule has 1 aliphatic heterocycles. The minimum absolute atomic E-state index is 0.134. The summed E-state index contributed by atoms with van der Waals surface area (Å²) in [5.74, 6) is -4.38. The Morgan fingerprint density at radius 2 is 1.78 bits per heavy atom. The molecule has 0 unspecified atom stereocenters. The van der Waals surface area contributed by atoms with Crippen molar-refractivity contribution in [1.82, 2.24) is 10.2 Å². The van der Waals surface area contributed by atoms with Crippen molar-refractivity contribution in [2.24, 2.45) is 5.92 Å². The zero-order valence-electron chi connectivity index (χ0n) is 18.1. The zero-order chi connectivity index (χ0) is 24.5. The van der Waals surface area contributed by atoms with Crippen molar-refractivity contribution in [1.29, 1.82) is 0 Å². The number of rotatable bonds is 8. The van der Waals surface area contributed by atoms with Crippen molar-refractivity contribution < 1.29 is 42.5 Å². The van der Waals surface area contributed by atoms with E-state index in [0.29, 0.717) is 0 Å². The molecule has 4 atom stereocenters. The van der Waals surface area contributed by atoms with Crippen LogP contribution in [0, 0.1) is 5.92 Å². The predicted octanol–water partition coefficient (Wildman–Crippen LogP) is 2.18. The Balaban J connectivity index is 0.000000633. The lowest BCUT2D eigenvalue weighted by atomic mass is 9.94. The van der Waals surface area contributed by atoms with Crippen LogP contribution < -0.4 is 5.32 Å². The second-order valence-corrected chi connectivity index (χ2v) is 7.49. The molecule has 1 saturated heterocycles. The van der Waals surface area contributed by atoms with Crippen molar-refractivity contribution in [3.63, 3.8) is 0 Å². The van der Waals surface area contributed by atoms with Crippen LogP contribution in [-0.4, -0.2) is 78.0 Å². The van der Waals surface area contributed by atoms with Gasteiger partial charge in [-0.15, -0.1) is 0 Å². The zero-order valence-corrected chi connectivity index (χ0v) is 18.1. The Morgan fingerprint density at radius 3 is 2.19 bits per heavy atom. The van der Waals surface area contributed by atoms with E-state index in [4.69, 9.17) is 14.6 Å². The molecule has 0 radical (unpaired) electrons. The summed E-state index contributed by atoms with van der Waals surface area (Å²) in [5, 5.41) is 20.1. The molecule has 1 aromatic rings.